The van der Waals surface area contributed by atoms with E-state index in [4.69, 9.17) is 10.8 Å². The molecule has 0 aromatic heterocycles. The topological polar surface area (TPSA) is 66.6 Å². The highest BCUT2D eigenvalue weighted by Crippen LogP contribution is 2.18. The maximum atomic E-state index is 12.2. The van der Waals surface area contributed by atoms with Crippen LogP contribution in [0, 0.1) is 5.92 Å². The fourth-order valence-corrected chi connectivity index (χ4v) is 2.25. The second kappa shape index (κ2) is 5.19. The molecule has 1 atom stereocenters. The van der Waals surface area contributed by atoms with Gasteiger partial charge in [0.05, 0.1) is 0 Å². The number of carbonyl (C=O) groups excluding carboxylic acids is 1. The van der Waals surface area contributed by atoms with Crippen molar-refractivity contribution in [3.05, 3.63) is 29.8 Å². The molecule has 0 saturated carbocycles. The smallest absolute Gasteiger partial charge is 0.253 e. The molecule has 3 N–H and O–H groups in total. The number of nitrogen functional groups attached to an aromatic ring is 1. The van der Waals surface area contributed by atoms with Gasteiger partial charge in [0, 0.05) is 30.9 Å². The van der Waals surface area contributed by atoms with Crippen molar-refractivity contribution in [1.82, 2.24) is 4.90 Å². The van der Waals surface area contributed by atoms with Crippen molar-refractivity contribution in [1.29, 1.82) is 0 Å². The van der Waals surface area contributed by atoms with Crippen molar-refractivity contribution in [3.63, 3.8) is 0 Å². The fourth-order valence-electron chi connectivity index (χ4n) is 2.25. The van der Waals surface area contributed by atoms with Crippen LogP contribution in [-0.4, -0.2) is 35.6 Å². The van der Waals surface area contributed by atoms with Crippen molar-refractivity contribution < 1.29 is 9.90 Å². The SMILES string of the molecule is Nc1cccc(C(=O)N2CCC[C@@H](CO)C2)c1. The lowest BCUT2D eigenvalue weighted by atomic mass is 9.98. The molecule has 0 unspecified atom stereocenters. The number of hydrogen-bond donors (Lipinski definition) is 2. The van der Waals surface area contributed by atoms with Gasteiger partial charge in [0.25, 0.3) is 5.91 Å². The van der Waals surface area contributed by atoms with Crippen LogP contribution in [0.2, 0.25) is 0 Å². The third kappa shape index (κ3) is 2.77. The highest BCUT2D eigenvalue weighted by atomic mass is 16.3. The number of aliphatic hydroxyl groups is 1. The van der Waals surface area contributed by atoms with Crippen molar-refractivity contribution >= 4 is 11.6 Å². The quantitative estimate of drug-likeness (QED) is 0.753. The zero-order chi connectivity index (χ0) is 12.3. The number of nitrogens with zero attached hydrogens (tertiary/aromatic N) is 1. The minimum Gasteiger partial charge on any atom is -0.399 e. The minimum atomic E-state index is 0.00968. The number of benzene rings is 1. The zero-order valence-corrected chi connectivity index (χ0v) is 9.80. The Balaban J connectivity index is 2.09. The monoisotopic (exact) mass is 234 g/mol. The number of piperidine rings is 1. The van der Waals surface area contributed by atoms with Gasteiger partial charge in [-0.1, -0.05) is 6.07 Å². The Hall–Kier alpha value is -1.55. The van der Waals surface area contributed by atoms with Crippen molar-refractivity contribution in [2.24, 2.45) is 5.92 Å². The standard InChI is InChI=1S/C13H18N2O2/c14-12-5-1-4-11(7-12)13(17)15-6-2-3-10(8-15)9-16/h1,4-5,7,10,16H,2-3,6,8-9,14H2/t10-/m1/s1. The molecule has 92 valence electrons. The van der Waals surface area contributed by atoms with Crippen molar-refractivity contribution in [2.75, 3.05) is 25.4 Å². The number of rotatable bonds is 2. The molecule has 1 aliphatic heterocycles. The van der Waals surface area contributed by atoms with Gasteiger partial charge < -0.3 is 15.7 Å². The van der Waals surface area contributed by atoms with Crippen LogP contribution in [-0.2, 0) is 0 Å². The molecule has 1 heterocycles. The molecule has 1 aromatic rings. The van der Waals surface area contributed by atoms with Crippen LogP contribution >= 0.6 is 0 Å². The summed E-state index contributed by atoms with van der Waals surface area (Å²) in [7, 11) is 0. The van der Waals surface area contributed by atoms with Gasteiger partial charge in [-0.25, -0.2) is 0 Å². The highest BCUT2D eigenvalue weighted by Gasteiger charge is 2.23. The van der Waals surface area contributed by atoms with Gasteiger partial charge in [-0.15, -0.1) is 0 Å². The molecular formula is C13H18N2O2. The van der Waals surface area contributed by atoms with Gasteiger partial charge >= 0.3 is 0 Å². The van der Waals surface area contributed by atoms with Crippen LogP contribution in [0.25, 0.3) is 0 Å². The van der Waals surface area contributed by atoms with Gasteiger partial charge in [-0.2, -0.15) is 0 Å². The van der Waals surface area contributed by atoms with E-state index < -0.39 is 0 Å². The van der Waals surface area contributed by atoms with E-state index in [2.05, 4.69) is 0 Å². The molecule has 0 bridgehead atoms. The number of anilines is 1. The molecule has 4 heteroatoms. The minimum absolute atomic E-state index is 0.00968. The van der Waals surface area contributed by atoms with Crippen molar-refractivity contribution in [3.8, 4) is 0 Å². The van der Waals surface area contributed by atoms with E-state index in [9.17, 15) is 4.79 Å². The van der Waals surface area contributed by atoms with E-state index in [0.29, 0.717) is 17.8 Å². The Morgan fingerprint density at radius 3 is 3.06 bits per heavy atom. The lowest BCUT2D eigenvalue weighted by Gasteiger charge is -2.31. The Morgan fingerprint density at radius 1 is 1.53 bits per heavy atom. The lowest BCUT2D eigenvalue weighted by molar-refractivity contribution is 0.0621. The summed E-state index contributed by atoms with van der Waals surface area (Å²) in [5.41, 5.74) is 6.90. The van der Waals surface area contributed by atoms with Gasteiger partial charge in [0.2, 0.25) is 0 Å². The van der Waals surface area contributed by atoms with Gasteiger partial charge in [-0.05, 0) is 37.0 Å². The normalized spacial score (nSPS) is 20.3. The summed E-state index contributed by atoms with van der Waals surface area (Å²) in [5.74, 6) is 0.226. The fraction of sp³-hybridized carbons (Fsp3) is 0.462. The molecule has 2 rings (SSSR count). The summed E-state index contributed by atoms with van der Waals surface area (Å²) >= 11 is 0. The van der Waals surface area contributed by atoms with E-state index in [-0.39, 0.29) is 18.4 Å². The predicted octanol–water partition coefficient (Wildman–Crippen LogP) is 1.11. The molecule has 4 nitrogen and oxygen atoms in total. The molecule has 1 aliphatic rings. The van der Waals surface area contributed by atoms with Crippen LogP contribution in [0.4, 0.5) is 5.69 Å². The number of carbonyl (C=O) groups is 1. The number of aliphatic hydroxyl groups excluding tert-OH is 1. The van der Waals surface area contributed by atoms with E-state index >= 15 is 0 Å². The van der Waals surface area contributed by atoms with E-state index in [1.54, 1.807) is 29.2 Å². The number of amides is 1. The van der Waals surface area contributed by atoms with E-state index in [0.717, 1.165) is 19.4 Å². The zero-order valence-electron chi connectivity index (χ0n) is 9.80. The van der Waals surface area contributed by atoms with Gasteiger partial charge in [0.15, 0.2) is 0 Å². The second-order valence-corrected chi connectivity index (χ2v) is 4.57. The Bertz CT molecular complexity index is 406. The highest BCUT2D eigenvalue weighted by molar-refractivity contribution is 5.95. The Morgan fingerprint density at radius 2 is 2.35 bits per heavy atom. The Labute approximate surface area is 101 Å². The molecule has 0 spiro atoms. The van der Waals surface area contributed by atoms with Crippen LogP contribution in [0.15, 0.2) is 24.3 Å². The molecular weight excluding hydrogens is 216 g/mol. The average Bonchev–Trinajstić information content (AvgIpc) is 2.38. The molecule has 0 aliphatic carbocycles. The maximum absolute atomic E-state index is 12.2. The summed E-state index contributed by atoms with van der Waals surface area (Å²) < 4.78 is 0. The number of nitrogens with two attached hydrogens (primary N) is 1. The third-order valence-corrected chi connectivity index (χ3v) is 3.20. The van der Waals surface area contributed by atoms with Crippen LogP contribution in [0.3, 0.4) is 0 Å². The van der Waals surface area contributed by atoms with Gasteiger partial charge in [0.1, 0.15) is 0 Å². The summed E-state index contributed by atoms with van der Waals surface area (Å²) in [6, 6.07) is 7.03. The summed E-state index contributed by atoms with van der Waals surface area (Å²) in [5, 5.41) is 9.15. The lowest BCUT2D eigenvalue weighted by Crippen LogP contribution is -2.40. The second-order valence-electron chi connectivity index (χ2n) is 4.57. The molecule has 1 fully saturated rings. The largest absolute Gasteiger partial charge is 0.399 e. The summed E-state index contributed by atoms with van der Waals surface area (Å²) in [6.45, 7) is 1.56. The maximum Gasteiger partial charge on any atom is 0.253 e. The summed E-state index contributed by atoms with van der Waals surface area (Å²) in [4.78, 5) is 14.0. The van der Waals surface area contributed by atoms with E-state index in [1.165, 1.54) is 0 Å². The van der Waals surface area contributed by atoms with E-state index in [1.807, 2.05) is 0 Å². The predicted molar refractivity (Wildman–Crippen MR) is 66.6 cm³/mol. The average molecular weight is 234 g/mol. The molecule has 1 amide bonds. The van der Waals surface area contributed by atoms with Gasteiger partial charge in [-0.3, -0.25) is 4.79 Å². The summed E-state index contributed by atoms with van der Waals surface area (Å²) in [6.07, 6.45) is 1.95. The first-order valence-electron chi connectivity index (χ1n) is 5.96. The first-order valence-corrected chi connectivity index (χ1v) is 5.96. The molecule has 0 radical (unpaired) electrons. The number of likely N-dealkylation sites (tertiary alicyclic amines) is 1. The molecule has 1 saturated heterocycles. The first kappa shape index (κ1) is 11.9. The first-order chi connectivity index (χ1) is 8.20. The van der Waals surface area contributed by atoms with Crippen LogP contribution < -0.4 is 5.73 Å². The molecule has 1 aromatic carbocycles. The molecule has 17 heavy (non-hydrogen) atoms. The third-order valence-electron chi connectivity index (χ3n) is 3.20. The van der Waals surface area contributed by atoms with Crippen molar-refractivity contribution in [2.45, 2.75) is 12.8 Å². The van der Waals surface area contributed by atoms with Crippen LogP contribution in [0.5, 0.6) is 0 Å². The number of hydrogen-bond acceptors (Lipinski definition) is 3. The van der Waals surface area contributed by atoms with Crippen LogP contribution in [0.1, 0.15) is 23.2 Å². The Kier molecular flexibility index (Phi) is 3.64.